The number of benzene rings is 2. The highest BCUT2D eigenvalue weighted by molar-refractivity contribution is 5.84. The average molecular weight is 399 g/mol. The molecule has 4 aromatic rings. The van der Waals surface area contributed by atoms with Crippen molar-refractivity contribution in [1.29, 1.82) is 0 Å². The smallest absolute Gasteiger partial charge is 0.119 e. The van der Waals surface area contributed by atoms with Crippen LogP contribution in [0.3, 0.4) is 0 Å². The minimum Gasteiger partial charge on any atom is -0.494 e. The number of hydrazine groups is 1. The zero-order valence-corrected chi connectivity index (χ0v) is 16.7. The molecule has 0 atom stereocenters. The van der Waals surface area contributed by atoms with Crippen molar-refractivity contribution in [3.8, 4) is 28.1 Å². The molecule has 2 heterocycles. The Kier molecular flexibility index (Phi) is 6.29. The Balaban J connectivity index is 1.58. The lowest BCUT2D eigenvalue weighted by Crippen LogP contribution is -2.21. The van der Waals surface area contributed by atoms with Crippen molar-refractivity contribution in [2.75, 3.05) is 13.2 Å². The second kappa shape index (κ2) is 9.45. The Labute approximate surface area is 175 Å². The van der Waals surface area contributed by atoms with Gasteiger partial charge < -0.3 is 10.5 Å². The van der Waals surface area contributed by atoms with Crippen molar-refractivity contribution in [1.82, 2.24) is 15.4 Å². The van der Waals surface area contributed by atoms with Gasteiger partial charge in [0, 0.05) is 29.9 Å². The first-order valence-electron chi connectivity index (χ1n) is 9.99. The van der Waals surface area contributed by atoms with Crippen molar-refractivity contribution in [2.45, 2.75) is 13.0 Å². The van der Waals surface area contributed by atoms with Gasteiger partial charge in [-0.05, 0) is 53.9 Å². The van der Waals surface area contributed by atoms with Gasteiger partial charge in [-0.25, -0.2) is 4.98 Å². The van der Waals surface area contributed by atoms with E-state index in [1.165, 1.54) is 0 Å². The number of fused-ring (bicyclic) bond motifs is 1. The highest BCUT2D eigenvalue weighted by Crippen LogP contribution is 2.28. The van der Waals surface area contributed by atoms with Crippen LogP contribution in [0.2, 0.25) is 0 Å². The summed E-state index contributed by atoms with van der Waals surface area (Å²) in [6, 6.07) is 20.5. The molecule has 0 radical (unpaired) electrons. The summed E-state index contributed by atoms with van der Waals surface area (Å²) in [5, 5.41) is 1.00. The Bertz CT molecular complexity index is 1110. The first-order valence-corrected chi connectivity index (χ1v) is 9.99. The summed E-state index contributed by atoms with van der Waals surface area (Å²) >= 11 is 0. The summed E-state index contributed by atoms with van der Waals surface area (Å²) in [4.78, 5) is 9.01. The van der Waals surface area contributed by atoms with E-state index in [4.69, 9.17) is 21.3 Å². The second-order valence-electron chi connectivity index (χ2n) is 7.03. The Hall–Kier alpha value is -3.32. The van der Waals surface area contributed by atoms with Crippen LogP contribution >= 0.6 is 0 Å². The summed E-state index contributed by atoms with van der Waals surface area (Å²) in [7, 11) is 0. The summed E-state index contributed by atoms with van der Waals surface area (Å²) in [6.45, 7) is 1.83. The SMILES string of the molecule is NCCCOc1ccc(-c2ccc(-c3cc(CNN)c4cnccc4n3)cc2)cc1. The Morgan fingerprint density at radius 3 is 2.30 bits per heavy atom. The zero-order chi connectivity index (χ0) is 20.8. The van der Waals surface area contributed by atoms with E-state index in [-0.39, 0.29) is 0 Å². The monoisotopic (exact) mass is 399 g/mol. The maximum Gasteiger partial charge on any atom is 0.119 e. The maximum atomic E-state index is 5.67. The molecule has 5 N–H and O–H groups in total. The van der Waals surface area contributed by atoms with Crippen LogP contribution in [0.25, 0.3) is 33.3 Å². The van der Waals surface area contributed by atoms with E-state index in [1.807, 2.05) is 24.4 Å². The number of pyridine rings is 2. The largest absolute Gasteiger partial charge is 0.494 e. The molecule has 152 valence electrons. The molecular formula is C24H25N5O. The molecule has 0 aliphatic rings. The number of hydrogen-bond donors (Lipinski definition) is 3. The van der Waals surface area contributed by atoms with E-state index in [2.05, 4.69) is 52.9 Å². The molecule has 0 unspecified atom stereocenters. The second-order valence-corrected chi connectivity index (χ2v) is 7.03. The van der Waals surface area contributed by atoms with E-state index < -0.39 is 0 Å². The van der Waals surface area contributed by atoms with E-state index in [0.717, 1.165) is 51.0 Å². The average Bonchev–Trinajstić information content (AvgIpc) is 2.80. The van der Waals surface area contributed by atoms with Crippen molar-refractivity contribution in [3.63, 3.8) is 0 Å². The molecule has 0 spiro atoms. The Morgan fingerprint density at radius 1 is 0.900 bits per heavy atom. The highest BCUT2D eigenvalue weighted by Gasteiger charge is 2.08. The molecule has 0 saturated carbocycles. The van der Waals surface area contributed by atoms with Gasteiger partial charge in [-0.3, -0.25) is 16.3 Å². The zero-order valence-electron chi connectivity index (χ0n) is 16.7. The van der Waals surface area contributed by atoms with E-state index in [1.54, 1.807) is 6.20 Å². The van der Waals surface area contributed by atoms with Crippen LogP contribution in [0.15, 0.2) is 73.1 Å². The molecule has 0 fully saturated rings. The third-order valence-corrected chi connectivity index (χ3v) is 4.97. The summed E-state index contributed by atoms with van der Waals surface area (Å²) in [5.41, 5.74) is 14.5. The first-order chi connectivity index (χ1) is 14.8. The van der Waals surface area contributed by atoms with Gasteiger partial charge in [-0.15, -0.1) is 0 Å². The number of hydrogen-bond acceptors (Lipinski definition) is 6. The molecule has 0 aliphatic heterocycles. The number of rotatable bonds is 8. The molecule has 0 amide bonds. The number of nitrogens with zero attached hydrogens (tertiary/aromatic N) is 2. The van der Waals surface area contributed by atoms with Gasteiger partial charge in [-0.2, -0.15) is 0 Å². The van der Waals surface area contributed by atoms with Crippen molar-refractivity contribution >= 4 is 10.9 Å². The van der Waals surface area contributed by atoms with Crippen LogP contribution in [0.5, 0.6) is 5.75 Å². The van der Waals surface area contributed by atoms with Gasteiger partial charge in [0.1, 0.15) is 5.75 Å². The van der Waals surface area contributed by atoms with Crippen LogP contribution in [-0.2, 0) is 6.54 Å². The lowest BCUT2D eigenvalue weighted by Gasteiger charge is -2.10. The minimum absolute atomic E-state index is 0.551. The minimum atomic E-state index is 0.551. The van der Waals surface area contributed by atoms with Crippen LogP contribution in [0, 0.1) is 0 Å². The lowest BCUT2D eigenvalue weighted by atomic mass is 10.0. The number of ether oxygens (including phenoxy) is 1. The molecule has 30 heavy (non-hydrogen) atoms. The van der Waals surface area contributed by atoms with Crippen LogP contribution in [0.4, 0.5) is 0 Å². The van der Waals surface area contributed by atoms with Gasteiger partial charge in [0.25, 0.3) is 0 Å². The normalized spacial score (nSPS) is 11.0. The standard InChI is InChI=1S/C24H25N5O/c25-11-1-13-30-21-8-6-18(7-9-21)17-2-4-19(5-3-17)24-14-20(15-28-26)22-16-27-12-10-23(22)29-24/h2-10,12,14,16,28H,1,11,13,15,25-26H2. The predicted octanol–water partition coefficient (Wildman–Crippen LogP) is 3.65. The van der Waals surface area contributed by atoms with Crippen molar-refractivity contribution in [2.24, 2.45) is 11.6 Å². The third-order valence-electron chi connectivity index (χ3n) is 4.97. The predicted molar refractivity (Wildman–Crippen MR) is 121 cm³/mol. The maximum absolute atomic E-state index is 5.67. The lowest BCUT2D eigenvalue weighted by molar-refractivity contribution is 0.313. The van der Waals surface area contributed by atoms with Gasteiger partial charge in [-0.1, -0.05) is 36.4 Å². The first kappa shape index (κ1) is 20.0. The highest BCUT2D eigenvalue weighted by atomic mass is 16.5. The number of nitrogens with one attached hydrogen (secondary N) is 1. The quantitative estimate of drug-likeness (QED) is 0.238. The fourth-order valence-electron chi connectivity index (χ4n) is 3.39. The topological polar surface area (TPSA) is 99.1 Å². The van der Waals surface area contributed by atoms with Crippen molar-refractivity contribution < 1.29 is 4.74 Å². The molecule has 4 rings (SSSR count). The van der Waals surface area contributed by atoms with Crippen molar-refractivity contribution in [3.05, 3.63) is 78.6 Å². The van der Waals surface area contributed by atoms with Gasteiger partial charge in [0.15, 0.2) is 0 Å². The van der Waals surface area contributed by atoms with Crippen LogP contribution < -0.4 is 21.7 Å². The molecule has 2 aromatic carbocycles. The molecule has 6 nitrogen and oxygen atoms in total. The summed E-state index contributed by atoms with van der Waals surface area (Å²) < 4.78 is 5.67. The molecular weight excluding hydrogens is 374 g/mol. The third kappa shape index (κ3) is 4.46. The summed E-state index contributed by atoms with van der Waals surface area (Å²) in [5.74, 6) is 6.42. The van der Waals surface area contributed by atoms with Crippen LogP contribution in [-0.4, -0.2) is 23.1 Å². The molecule has 0 aliphatic carbocycles. The number of aromatic nitrogens is 2. The van der Waals surface area contributed by atoms with Gasteiger partial charge in [0.05, 0.1) is 17.8 Å². The molecule has 0 bridgehead atoms. The van der Waals surface area contributed by atoms with E-state index >= 15 is 0 Å². The summed E-state index contributed by atoms with van der Waals surface area (Å²) in [6.07, 6.45) is 4.43. The van der Waals surface area contributed by atoms with Gasteiger partial charge in [0.2, 0.25) is 0 Å². The molecule has 6 heteroatoms. The fraction of sp³-hybridized carbons (Fsp3) is 0.167. The Morgan fingerprint density at radius 2 is 1.60 bits per heavy atom. The fourth-order valence-corrected chi connectivity index (χ4v) is 3.39. The molecule has 2 aromatic heterocycles. The molecule has 0 saturated heterocycles. The van der Waals surface area contributed by atoms with E-state index in [0.29, 0.717) is 19.7 Å². The van der Waals surface area contributed by atoms with Crippen LogP contribution in [0.1, 0.15) is 12.0 Å². The van der Waals surface area contributed by atoms with Gasteiger partial charge >= 0.3 is 0 Å². The number of nitrogens with two attached hydrogens (primary N) is 2. The van der Waals surface area contributed by atoms with E-state index in [9.17, 15) is 0 Å².